The zero-order valence-corrected chi connectivity index (χ0v) is 16.3. The molecule has 1 saturated heterocycles. The van der Waals surface area contributed by atoms with Gasteiger partial charge >= 0.3 is 5.97 Å². The number of aromatic carboxylic acids is 1. The fraction of sp³-hybridized carbons (Fsp3) is 0.286. The molecule has 0 bridgehead atoms. The van der Waals surface area contributed by atoms with Crippen LogP contribution in [0, 0.1) is 0 Å². The fourth-order valence-electron chi connectivity index (χ4n) is 3.56. The first-order valence-electron chi connectivity index (χ1n) is 9.38. The van der Waals surface area contributed by atoms with Gasteiger partial charge in [0.1, 0.15) is 22.9 Å². The van der Waals surface area contributed by atoms with Crippen LogP contribution in [0.3, 0.4) is 0 Å². The average molecular weight is 394 g/mol. The minimum absolute atomic E-state index is 0.137. The summed E-state index contributed by atoms with van der Waals surface area (Å²) >= 11 is 0. The number of methoxy groups -OCH3 is 2. The Kier molecular flexibility index (Phi) is 5.07. The van der Waals surface area contributed by atoms with Crippen molar-refractivity contribution in [2.45, 2.75) is 12.8 Å². The average Bonchev–Trinajstić information content (AvgIpc) is 3.41. The number of anilines is 1. The van der Waals surface area contributed by atoms with Gasteiger partial charge in [-0.25, -0.2) is 4.79 Å². The number of carbonyl (C=O) groups is 1. The Morgan fingerprint density at radius 1 is 1.03 bits per heavy atom. The summed E-state index contributed by atoms with van der Waals surface area (Å²) in [6.45, 7) is 1.99. The maximum atomic E-state index is 11.1. The number of ether oxygens (including phenoxy) is 2. The topological polar surface area (TPSA) is 99.5 Å². The summed E-state index contributed by atoms with van der Waals surface area (Å²) < 4.78 is 11.1. The number of hydrogen-bond donors (Lipinski definition) is 2. The number of nitrogens with one attached hydrogen (secondary N) is 1. The van der Waals surface area contributed by atoms with Crippen LogP contribution in [0.15, 0.2) is 46.6 Å². The molecule has 2 heterocycles. The van der Waals surface area contributed by atoms with Crippen molar-refractivity contribution in [1.29, 1.82) is 0 Å². The molecule has 0 radical (unpaired) electrons. The van der Waals surface area contributed by atoms with Crippen LogP contribution in [0.5, 0.6) is 11.5 Å². The van der Waals surface area contributed by atoms with E-state index in [2.05, 4.69) is 20.1 Å². The number of fused-ring (bicyclic) bond motifs is 1. The van der Waals surface area contributed by atoms with Gasteiger partial charge in [0.25, 0.3) is 0 Å². The minimum atomic E-state index is -1.00. The van der Waals surface area contributed by atoms with Gasteiger partial charge in [-0.1, -0.05) is 0 Å². The van der Waals surface area contributed by atoms with Crippen LogP contribution in [-0.4, -0.2) is 43.4 Å². The molecule has 2 N–H and O–H groups in total. The summed E-state index contributed by atoms with van der Waals surface area (Å²) in [4.78, 5) is 16.2. The molecule has 0 atom stereocenters. The third kappa shape index (κ3) is 3.73. The van der Waals surface area contributed by atoms with Gasteiger partial charge in [0, 0.05) is 36.1 Å². The Bertz CT molecular complexity index is 1080. The lowest BCUT2D eigenvalue weighted by Gasteiger charge is -2.21. The number of carboxylic acids is 1. The summed E-state index contributed by atoms with van der Waals surface area (Å²) in [5.74, 6) is 0.348. The summed E-state index contributed by atoms with van der Waals surface area (Å²) in [7, 11) is 3.25. The monoisotopic (exact) mass is 394 g/mol. The normalized spacial score (nSPS) is 14.1. The van der Waals surface area contributed by atoms with Gasteiger partial charge in [0.15, 0.2) is 0 Å². The number of hydrogen-bond acceptors (Lipinski definition) is 6. The molecule has 8 heteroatoms. The van der Waals surface area contributed by atoms with Crippen molar-refractivity contribution >= 4 is 33.9 Å². The third-order valence-electron chi connectivity index (χ3n) is 5.04. The van der Waals surface area contributed by atoms with Crippen LogP contribution in [0.2, 0.25) is 0 Å². The van der Waals surface area contributed by atoms with Crippen LogP contribution in [0.4, 0.5) is 17.1 Å². The summed E-state index contributed by atoms with van der Waals surface area (Å²) in [6, 6.07) is 10.7. The van der Waals surface area contributed by atoms with Crippen LogP contribution in [0.25, 0.3) is 10.9 Å². The molecule has 8 nitrogen and oxygen atoms in total. The summed E-state index contributed by atoms with van der Waals surface area (Å²) in [6.07, 6.45) is 2.33. The molecule has 2 aromatic carbocycles. The molecule has 0 amide bonds. The highest BCUT2D eigenvalue weighted by Crippen LogP contribution is 2.41. The predicted octanol–water partition coefficient (Wildman–Crippen LogP) is 4.90. The molecule has 1 aromatic heterocycles. The maximum Gasteiger partial charge on any atom is 0.352 e. The van der Waals surface area contributed by atoms with Crippen molar-refractivity contribution in [3.63, 3.8) is 0 Å². The Labute approximate surface area is 167 Å². The van der Waals surface area contributed by atoms with Crippen molar-refractivity contribution < 1.29 is 19.4 Å². The first-order chi connectivity index (χ1) is 14.1. The molecule has 4 rings (SSSR count). The van der Waals surface area contributed by atoms with Gasteiger partial charge in [0.05, 0.1) is 25.6 Å². The van der Waals surface area contributed by atoms with Crippen LogP contribution in [0.1, 0.15) is 23.3 Å². The van der Waals surface area contributed by atoms with E-state index in [-0.39, 0.29) is 5.69 Å². The molecule has 0 spiro atoms. The number of azo groups is 1. The van der Waals surface area contributed by atoms with Crippen LogP contribution in [-0.2, 0) is 0 Å². The standard InChI is InChI=1S/C21H22N4O4/c1-28-19-12-18(25-7-3-4-8-25)20(29-2)11-16(19)24-23-14-5-6-15-13(9-14)10-17(22-15)21(26)27/h5-6,9-12,22H,3-4,7-8H2,1-2H3,(H,26,27)/b24-23+. The first-order valence-corrected chi connectivity index (χ1v) is 9.38. The second kappa shape index (κ2) is 7.83. The molecule has 3 aromatic rings. The van der Waals surface area contributed by atoms with Crippen molar-refractivity contribution in [2.24, 2.45) is 10.2 Å². The fourth-order valence-corrected chi connectivity index (χ4v) is 3.56. The van der Waals surface area contributed by atoms with E-state index in [1.165, 1.54) is 0 Å². The van der Waals surface area contributed by atoms with E-state index in [0.717, 1.165) is 48.3 Å². The summed E-state index contributed by atoms with van der Waals surface area (Å²) in [5.41, 5.74) is 3.04. The second-order valence-corrected chi connectivity index (χ2v) is 6.85. The Balaban J connectivity index is 1.66. The third-order valence-corrected chi connectivity index (χ3v) is 5.04. The van der Waals surface area contributed by atoms with E-state index >= 15 is 0 Å². The highest BCUT2D eigenvalue weighted by Gasteiger charge is 2.19. The van der Waals surface area contributed by atoms with Gasteiger partial charge < -0.3 is 24.5 Å². The smallest absolute Gasteiger partial charge is 0.352 e. The van der Waals surface area contributed by atoms with Gasteiger partial charge in [-0.05, 0) is 37.1 Å². The van der Waals surface area contributed by atoms with Crippen molar-refractivity contribution in [1.82, 2.24) is 4.98 Å². The molecule has 1 aliphatic heterocycles. The zero-order chi connectivity index (χ0) is 20.4. The number of aromatic amines is 1. The molecule has 0 saturated carbocycles. The van der Waals surface area contributed by atoms with Crippen LogP contribution < -0.4 is 14.4 Å². The van der Waals surface area contributed by atoms with E-state index in [0.29, 0.717) is 17.1 Å². The highest BCUT2D eigenvalue weighted by atomic mass is 16.5. The number of nitrogens with zero attached hydrogens (tertiary/aromatic N) is 3. The molecule has 0 aliphatic carbocycles. The van der Waals surface area contributed by atoms with Gasteiger partial charge in [0.2, 0.25) is 0 Å². The van der Waals surface area contributed by atoms with E-state index in [4.69, 9.17) is 14.6 Å². The number of H-pyrrole nitrogens is 1. The molecule has 150 valence electrons. The van der Waals surface area contributed by atoms with Gasteiger partial charge in [-0.15, -0.1) is 5.11 Å². The van der Waals surface area contributed by atoms with E-state index in [1.807, 2.05) is 12.1 Å². The number of benzene rings is 2. The Morgan fingerprint density at radius 3 is 2.48 bits per heavy atom. The molecule has 1 aliphatic rings. The number of aromatic nitrogens is 1. The molecule has 1 fully saturated rings. The molecule has 0 unspecified atom stereocenters. The van der Waals surface area contributed by atoms with Gasteiger partial charge in [-0.2, -0.15) is 5.11 Å². The lowest BCUT2D eigenvalue weighted by Crippen LogP contribution is -2.18. The van der Waals surface area contributed by atoms with E-state index in [9.17, 15) is 4.79 Å². The largest absolute Gasteiger partial charge is 0.494 e. The number of rotatable bonds is 6. The minimum Gasteiger partial charge on any atom is -0.494 e. The Morgan fingerprint density at radius 2 is 1.79 bits per heavy atom. The quantitative estimate of drug-likeness (QED) is 0.579. The van der Waals surface area contributed by atoms with E-state index in [1.54, 1.807) is 38.5 Å². The maximum absolute atomic E-state index is 11.1. The first kappa shape index (κ1) is 18.8. The lowest BCUT2D eigenvalue weighted by atomic mass is 10.2. The highest BCUT2D eigenvalue weighted by molar-refractivity contribution is 5.94. The van der Waals surface area contributed by atoms with Crippen molar-refractivity contribution in [2.75, 3.05) is 32.2 Å². The molecule has 29 heavy (non-hydrogen) atoms. The summed E-state index contributed by atoms with van der Waals surface area (Å²) in [5, 5.41) is 18.5. The zero-order valence-electron chi connectivity index (χ0n) is 16.3. The lowest BCUT2D eigenvalue weighted by molar-refractivity contribution is 0.0691. The Hall–Kier alpha value is -3.55. The van der Waals surface area contributed by atoms with E-state index < -0.39 is 5.97 Å². The molecular formula is C21H22N4O4. The predicted molar refractivity (Wildman–Crippen MR) is 110 cm³/mol. The van der Waals surface area contributed by atoms with Gasteiger partial charge in [-0.3, -0.25) is 0 Å². The molecular weight excluding hydrogens is 372 g/mol. The SMILES string of the molecule is COc1cc(N2CCCC2)c(OC)cc1/N=N/c1ccc2[nH]c(C(=O)O)cc2c1. The van der Waals surface area contributed by atoms with Crippen LogP contribution >= 0.6 is 0 Å². The van der Waals surface area contributed by atoms with Crippen molar-refractivity contribution in [3.8, 4) is 11.5 Å². The number of carboxylic acid groups (broad SMARTS) is 1. The van der Waals surface area contributed by atoms with Crippen molar-refractivity contribution in [3.05, 3.63) is 42.1 Å². The second-order valence-electron chi connectivity index (χ2n) is 6.85.